The highest BCUT2D eigenvalue weighted by Gasteiger charge is 2.28. The summed E-state index contributed by atoms with van der Waals surface area (Å²) in [5.41, 5.74) is 2.41. The normalized spacial score (nSPS) is 17.4. The molecule has 0 radical (unpaired) electrons. The SMILES string of the molecule is CN1C=CN(C2CCN(c3ncc(OC(F)F)cn3)CC2)c2ccccc21. The van der Waals surface area contributed by atoms with Gasteiger partial charge in [0.25, 0.3) is 0 Å². The fourth-order valence-corrected chi connectivity index (χ4v) is 3.61. The van der Waals surface area contributed by atoms with Crippen LogP contribution in [0.15, 0.2) is 49.1 Å². The molecule has 0 atom stereocenters. The van der Waals surface area contributed by atoms with Crippen molar-refractivity contribution in [3.8, 4) is 5.75 Å². The van der Waals surface area contributed by atoms with E-state index in [-0.39, 0.29) is 5.75 Å². The van der Waals surface area contributed by atoms with Crippen LogP contribution in [0.2, 0.25) is 0 Å². The number of hydrogen-bond donors (Lipinski definition) is 0. The topological polar surface area (TPSA) is 44.7 Å². The van der Waals surface area contributed by atoms with Gasteiger partial charge in [0.15, 0.2) is 5.75 Å². The van der Waals surface area contributed by atoms with Crippen LogP contribution in [-0.4, -0.2) is 42.8 Å². The van der Waals surface area contributed by atoms with Crippen LogP contribution in [0.3, 0.4) is 0 Å². The van der Waals surface area contributed by atoms with E-state index in [9.17, 15) is 8.78 Å². The largest absolute Gasteiger partial charge is 0.432 e. The third-order valence-electron chi connectivity index (χ3n) is 4.97. The van der Waals surface area contributed by atoms with E-state index in [4.69, 9.17) is 0 Å². The average molecular weight is 373 g/mol. The van der Waals surface area contributed by atoms with Crippen molar-refractivity contribution in [2.75, 3.05) is 34.8 Å². The highest BCUT2D eigenvalue weighted by atomic mass is 19.3. The average Bonchev–Trinajstić information content (AvgIpc) is 2.69. The molecule has 0 spiro atoms. The van der Waals surface area contributed by atoms with Crippen LogP contribution in [0, 0.1) is 0 Å². The number of alkyl halides is 2. The van der Waals surface area contributed by atoms with Gasteiger partial charge in [0, 0.05) is 38.6 Å². The smallest absolute Gasteiger partial charge is 0.387 e. The Balaban J connectivity index is 1.41. The monoisotopic (exact) mass is 373 g/mol. The first-order chi connectivity index (χ1) is 13.1. The molecule has 142 valence electrons. The second kappa shape index (κ2) is 7.38. The summed E-state index contributed by atoms with van der Waals surface area (Å²) in [4.78, 5) is 14.9. The Morgan fingerprint density at radius 2 is 1.70 bits per heavy atom. The maximum Gasteiger partial charge on any atom is 0.387 e. The van der Waals surface area contributed by atoms with Gasteiger partial charge in [0.05, 0.1) is 23.8 Å². The number of fused-ring (bicyclic) bond motifs is 1. The summed E-state index contributed by atoms with van der Waals surface area (Å²) in [6, 6.07) is 8.78. The van der Waals surface area contributed by atoms with Crippen LogP contribution >= 0.6 is 0 Å². The van der Waals surface area contributed by atoms with Gasteiger partial charge in [0.1, 0.15) is 0 Å². The van der Waals surface area contributed by atoms with Crippen LogP contribution in [0.25, 0.3) is 0 Å². The Labute approximate surface area is 156 Å². The zero-order valence-corrected chi connectivity index (χ0v) is 15.0. The fourth-order valence-electron chi connectivity index (χ4n) is 3.61. The second-order valence-electron chi connectivity index (χ2n) is 6.62. The van der Waals surface area contributed by atoms with Crippen molar-refractivity contribution in [1.29, 1.82) is 0 Å². The Morgan fingerprint density at radius 1 is 1.04 bits per heavy atom. The van der Waals surface area contributed by atoms with E-state index in [2.05, 4.69) is 60.0 Å². The number of para-hydroxylation sites is 2. The van der Waals surface area contributed by atoms with Crippen molar-refractivity contribution in [2.45, 2.75) is 25.5 Å². The van der Waals surface area contributed by atoms with Crippen LogP contribution in [-0.2, 0) is 0 Å². The zero-order chi connectivity index (χ0) is 18.8. The van der Waals surface area contributed by atoms with Gasteiger partial charge in [-0.1, -0.05) is 12.1 Å². The lowest BCUT2D eigenvalue weighted by molar-refractivity contribution is -0.0503. The number of nitrogens with zero attached hydrogens (tertiary/aromatic N) is 5. The number of halogens is 2. The number of ether oxygens (including phenoxy) is 1. The molecule has 2 aliphatic rings. The minimum atomic E-state index is -2.87. The molecule has 4 rings (SSSR count). The first-order valence-corrected chi connectivity index (χ1v) is 8.92. The maximum atomic E-state index is 12.2. The summed E-state index contributed by atoms with van der Waals surface area (Å²) in [5.74, 6) is 0.521. The summed E-state index contributed by atoms with van der Waals surface area (Å²) in [5, 5.41) is 0. The van der Waals surface area contributed by atoms with E-state index in [1.54, 1.807) is 0 Å². The highest BCUT2D eigenvalue weighted by Crippen LogP contribution is 2.36. The Hall–Kier alpha value is -2.90. The predicted octanol–water partition coefficient (Wildman–Crippen LogP) is 3.47. The summed E-state index contributed by atoms with van der Waals surface area (Å²) < 4.78 is 28.7. The zero-order valence-electron chi connectivity index (χ0n) is 15.0. The van der Waals surface area contributed by atoms with E-state index in [1.165, 1.54) is 23.8 Å². The van der Waals surface area contributed by atoms with Crippen molar-refractivity contribution >= 4 is 17.3 Å². The number of benzene rings is 1. The number of rotatable bonds is 4. The molecule has 1 fully saturated rings. The molecule has 6 nitrogen and oxygen atoms in total. The lowest BCUT2D eigenvalue weighted by atomic mass is 10.0. The van der Waals surface area contributed by atoms with Gasteiger partial charge < -0.3 is 19.4 Å². The summed E-state index contributed by atoms with van der Waals surface area (Å²) in [6.45, 7) is -1.25. The fraction of sp³-hybridized carbons (Fsp3) is 0.368. The van der Waals surface area contributed by atoms with Crippen molar-refractivity contribution in [1.82, 2.24) is 9.97 Å². The van der Waals surface area contributed by atoms with Gasteiger partial charge in [-0.2, -0.15) is 8.78 Å². The van der Waals surface area contributed by atoms with Gasteiger partial charge >= 0.3 is 6.61 Å². The lowest BCUT2D eigenvalue weighted by Crippen LogP contribution is -2.44. The summed E-state index contributed by atoms with van der Waals surface area (Å²) in [6.07, 6.45) is 8.72. The molecule has 0 saturated carbocycles. The first kappa shape index (κ1) is 17.5. The van der Waals surface area contributed by atoms with Gasteiger partial charge in [0.2, 0.25) is 5.95 Å². The number of hydrogen-bond acceptors (Lipinski definition) is 6. The lowest BCUT2D eigenvalue weighted by Gasteiger charge is -2.41. The molecule has 3 heterocycles. The third-order valence-corrected chi connectivity index (χ3v) is 4.97. The second-order valence-corrected chi connectivity index (χ2v) is 6.62. The summed E-state index contributed by atoms with van der Waals surface area (Å²) >= 11 is 0. The van der Waals surface area contributed by atoms with Crippen LogP contribution in [0.5, 0.6) is 5.75 Å². The van der Waals surface area contributed by atoms with E-state index in [0.717, 1.165) is 25.9 Å². The van der Waals surface area contributed by atoms with Crippen molar-refractivity contribution in [3.05, 3.63) is 49.1 Å². The Morgan fingerprint density at radius 3 is 2.37 bits per heavy atom. The van der Waals surface area contributed by atoms with Crippen LogP contribution < -0.4 is 19.4 Å². The minimum absolute atomic E-state index is 0.0252. The summed E-state index contributed by atoms with van der Waals surface area (Å²) in [7, 11) is 2.05. The van der Waals surface area contributed by atoms with Gasteiger partial charge in [-0.05, 0) is 25.0 Å². The third kappa shape index (κ3) is 3.65. The van der Waals surface area contributed by atoms with E-state index < -0.39 is 6.61 Å². The molecule has 0 aliphatic carbocycles. The molecule has 0 unspecified atom stereocenters. The molecule has 2 aliphatic heterocycles. The minimum Gasteiger partial charge on any atom is -0.432 e. The quantitative estimate of drug-likeness (QED) is 0.818. The van der Waals surface area contributed by atoms with Crippen LogP contribution in [0.1, 0.15) is 12.8 Å². The molecule has 1 saturated heterocycles. The predicted molar refractivity (Wildman–Crippen MR) is 100 cm³/mol. The molecule has 2 aromatic rings. The van der Waals surface area contributed by atoms with Gasteiger partial charge in [-0.15, -0.1) is 0 Å². The molecule has 27 heavy (non-hydrogen) atoms. The number of piperidine rings is 1. The Bertz CT molecular complexity index is 806. The molecule has 0 bridgehead atoms. The first-order valence-electron chi connectivity index (χ1n) is 8.92. The molecular weight excluding hydrogens is 352 g/mol. The van der Waals surface area contributed by atoms with E-state index in [0.29, 0.717) is 12.0 Å². The molecular formula is C19H21F2N5O. The maximum absolute atomic E-state index is 12.2. The highest BCUT2D eigenvalue weighted by molar-refractivity contribution is 5.76. The van der Waals surface area contributed by atoms with E-state index in [1.807, 2.05) is 13.1 Å². The molecule has 0 N–H and O–H groups in total. The molecule has 1 aromatic carbocycles. The molecule has 8 heteroatoms. The standard InChI is InChI=1S/C19H21F2N5O/c1-24-10-11-26(17-5-3-2-4-16(17)24)14-6-8-25(9-7-14)19-22-12-15(13-23-19)27-18(20)21/h2-5,10-14,18H,6-9H2,1H3. The number of aromatic nitrogens is 2. The molecule has 0 amide bonds. The van der Waals surface area contributed by atoms with Crippen molar-refractivity contribution < 1.29 is 13.5 Å². The van der Waals surface area contributed by atoms with Crippen LogP contribution in [0.4, 0.5) is 26.1 Å². The molecule has 1 aromatic heterocycles. The number of anilines is 3. The van der Waals surface area contributed by atoms with Gasteiger partial charge in [-0.25, -0.2) is 9.97 Å². The Kier molecular flexibility index (Phi) is 4.79. The van der Waals surface area contributed by atoms with Crippen molar-refractivity contribution in [2.24, 2.45) is 0 Å². The van der Waals surface area contributed by atoms with E-state index >= 15 is 0 Å². The van der Waals surface area contributed by atoms with Gasteiger partial charge in [-0.3, -0.25) is 0 Å². The van der Waals surface area contributed by atoms with Crippen molar-refractivity contribution in [3.63, 3.8) is 0 Å².